The van der Waals surface area contributed by atoms with Crippen LogP contribution < -0.4 is 15.4 Å². The molecule has 4 N–H and O–H groups in total. The summed E-state index contributed by atoms with van der Waals surface area (Å²) in [6, 6.07) is 10.0. The van der Waals surface area contributed by atoms with Crippen molar-refractivity contribution < 1.29 is 24.3 Å². The molecule has 37 heavy (non-hydrogen) atoms. The van der Waals surface area contributed by atoms with Crippen LogP contribution in [0.25, 0.3) is 22.8 Å². The number of hydrogen-bond donors (Lipinski definition) is 4. The van der Waals surface area contributed by atoms with Crippen molar-refractivity contribution >= 4 is 5.91 Å². The van der Waals surface area contributed by atoms with Crippen molar-refractivity contribution in [3.63, 3.8) is 0 Å². The molecule has 9 nitrogen and oxygen atoms in total. The van der Waals surface area contributed by atoms with Gasteiger partial charge in [0.1, 0.15) is 25.1 Å². The van der Waals surface area contributed by atoms with Crippen LogP contribution in [-0.2, 0) is 17.8 Å². The normalized spacial score (nSPS) is 12.1. The molecule has 0 fully saturated rings. The summed E-state index contributed by atoms with van der Waals surface area (Å²) in [5.74, 6) is 1.67. The van der Waals surface area contributed by atoms with Gasteiger partial charge in [-0.2, -0.15) is 4.98 Å². The highest BCUT2D eigenvalue weighted by molar-refractivity contribution is 5.76. The third-order valence-corrected chi connectivity index (χ3v) is 5.98. The van der Waals surface area contributed by atoms with Crippen LogP contribution >= 0.6 is 0 Å². The maximum Gasteiger partial charge on any atom is 0.258 e. The van der Waals surface area contributed by atoms with E-state index in [2.05, 4.69) is 53.7 Å². The van der Waals surface area contributed by atoms with Gasteiger partial charge >= 0.3 is 0 Å². The van der Waals surface area contributed by atoms with Crippen molar-refractivity contribution in [3.8, 4) is 28.6 Å². The molecule has 3 rings (SSSR count). The summed E-state index contributed by atoms with van der Waals surface area (Å²) < 4.78 is 11.5. The van der Waals surface area contributed by atoms with Crippen molar-refractivity contribution in [2.24, 2.45) is 5.92 Å². The van der Waals surface area contributed by atoms with E-state index in [0.29, 0.717) is 29.8 Å². The number of carbonyl (C=O) groups is 1. The van der Waals surface area contributed by atoms with Crippen molar-refractivity contribution in [1.82, 2.24) is 20.8 Å². The standard InChI is InChI=1S/C28H38N4O5/c1-6-20-10-22(9-19(5)26(20)36-16-24(34)14-30-25(35)15-33)27-31-28(37-32-27)21-8-7-18(4)23(11-21)13-29-12-17(2)3/h7-11,17,24,29,33-34H,6,12-16H2,1-5H3,(H,30,35)/t24-/m0/s1. The summed E-state index contributed by atoms with van der Waals surface area (Å²) in [4.78, 5) is 15.8. The molecule has 3 aromatic rings. The number of hydrogen-bond acceptors (Lipinski definition) is 8. The lowest BCUT2D eigenvalue weighted by Crippen LogP contribution is -2.36. The van der Waals surface area contributed by atoms with Gasteiger partial charge in [-0.15, -0.1) is 0 Å². The van der Waals surface area contributed by atoms with E-state index in [-0.39, 0.29) is 13.2 Å². The maximum absolute atomic E-state index is 11.2. The van der Waals surface area contributed by atoms with E-state index in [4.69, 9.17) is 14.4 Å². The predicted molar refractivity (Wildman–Crippen MR) is 142 cm³/mol. The highest BCUT2D eigenvalue weighted by atomic mass is 16.5. The molecular formula is C28H38N4O5. The van der Waals surface area contributed by atoms with E-state index in [1.807, 2.05) is 32.0 Å². The molecule has 1 amide bonds. The average molecular weight is 511 g/mol. The Morgan fingerprint density at radius 2 is 1.84 bits per heavy atom. The van der Waals surface area contributed by atoms with Crippen LogP contribution in [0.3, 0.4) is 0 Å². The van der Waals surface area contributed by atoms with Gasteiger partial charge in [0.15, 0.2) is 0 Å². The second-order valence-corrected chi connectivity index (χ2v) is 9.65. The summed E-state index contributed by atoms with van der Waals surface area (Å²) in [6.45, 7) is 11.5. The summed E-state index contributed by atoms with van der Waals surface area (Å²) in [6.07, 6.45) is -0.199. The Labute approximate surface area is 218 Å². The van der Waals surface area contributed by atoms with Gasteiger partial charge in [-0.3, -0.25) is 4.79 Å². The first kappa shape index (κ1) is 28.3. The monoisotopic (exact) mass is 510 g/mol. The van der Waals surface area contributed by atoms with Crippen LogP contribution in [0.4, 0.5) is 0 Å². The molecule has 0 saturated carbocycles. The third kappa shape index (κ3) is 7.85. The maximum atomic E-state index is 11.2. The molecule has 0 saturated heterocycles. The minimum absolute atomic E-state index is 0.00185. The number of ether oxygens (including phenoxy) is 1. The van der Waals surface area contributed by atoms with E-state index in [1.165, 1.54) is 11.1 Å². The highest BCUT2D eigenvalue weighted by Crippen LogP contribution is 2.31. The second-order valence-electron chi connectivity index (χ2n) is 9.65. The van der Waals surface area contributed by atoms with Crippen molar-refractivity contribution in [2.75, 3.05) is 26.3 Å². The van der Waals surface area contributed by atoms with Crippen LogP contribution in [-0.4, -0.2) is 58.7 Å². The SMILES string of the molecule is CCc1cc(-c2noc(-c3ccc(C)c(CNCC(C)C)c3)n2)cc(C)c1OC[C@@H](O)CNC(=O)CO. The fraction of sp³-hybridized carbons (Fsp3) is 0.464. The van der Waals surface area contributed by atoms with Gasteiger partial charge in [0.05, 0.1) is 0 Å². The molecule has 0 aliphatic rings. The highest BCUT2D eigenvalue weighted by Gasteiger charge is 2.17. The molecule has 1 atom stereocenters. The summed E-state index contributed by atoms with van der Waals surface area (Å²) >= 11 is 0. The topological polar surface area (TPSA) is 130 Å². The Morgan fingerprint density at radius 3 is 2.54 bits per heavy atom. The second kappa shape index (κ2) is 13.3. The fourth-order valence-corrected chi connectivity index (χ4v) is 3.92. The molecule has 0 aliphatic carbocycles. The van der Waals surface area contributed by atoms with E-state index < -0.39 is 18.6 Å². The summed E-state index contributed by atoms with van der Waals surface area (Å²) in [5, 5.41) is 29.0. The van der Waals surface area contributed by atoms with E-state index in [1.54, 1.807) is 0 Å². The molecule has 1 heterocycles. The number of nitrogens with zero attached hydrogens (tertiary/aromatic N) is 2. The lowest BCUT2D eigenvalue weighted by molar-refractivity contribution is -0.124. The number of carbonyl (C=O) groups excluding carboxylic acids is 1. The molecule has 0 radical (unpaired) electrons. The van der Waals surface area contributed by atoms with E-state index >= 15 is 0 Å². The number of rotatable bonds is 13. The molecule has 2 aromatic carbocycles. The molecular weight excluding hydrogens is 472 g/mol. The van der Waals surface area contributed by atoms with Gasteiger partial charge in [0.2, 0.25) is 11.7 Å². The molecule has 0 unspecified atom stereocenters. The zero-order valence-corrected chi connectivity index (χ0v) is 22.3. The molecule has 1 aromatic heterocycles. The van der Waals surface area contributed by atoms with Crippen LogP contribution in [0.5, 0.6) is 5.75 Å². The first-order valence-corrected chi connectivity index (χ1v) is 12.7. The number of benzene rings is 2. The minimum Gasteiger partial charge on any atom is -0.490 e. The number of nitrogens with one attached hydrogen (secondary N) is 2. The molecule has 0 aliphatic heterocycles. The van der Waals surface area contributed by atoms with E-state index in [0.717, 1.165) is 35.3 Å². The molecule has 0 spiro atoms. The third-order valence-electron chi connectivity index (χ3n) is 5.98. The van der Waals surface area contributed by atoms with Gasteiger partial charge < -0.3 is 30.1 Å². The fourth-order valence-electron chi connectivity index (χ4n) is 3.92. The van der Waals surface area contributed by atoms with Crippen molar-refractivity contribution in [1.29, 1.82) is 0 Å². The number of aryl methyl sites for hydroxylation is 3. The number of aliphatic hydroxyl groups excluding tert-OH is 2. The zero-order chi connectivity index (χ0) is 26.9. The van der Waals surface area contributed by atoms with Crippen LogP contribution in [0.1, 0.15) is 43.0 Å². The first-order valence-electron chi connectivity index (χ1n) is 12.7. The molecule has 0 bridgehead atoms. The van der Waals surface area contributed by atoms with Gasteiger partial charge in [0.25, 0.3) is 5.89 Å². The molecule has 9 heteroatoms. The Kier molecular flexibility index (Phi) is 10.2. The quantitative estimate of drug-likeness (QED) is 0.276. The van der Waals surface area contributed by atoms with Gasteiger partial charge in [-0.25, -0.2) is 0 Å². The van der Waals surface area contributed by atoms with Crippen molar-refractivity contribution in [3.05, 3.63) is 52.6 Å². The number of amides is 1. The lowest BCUT2D eigenvalue weighted by Gasteiger charge is -2.17. The summed E-state index contributed by atoms with van der Waals surface area (Å²) in [7, 11) is 0. The smallest absolute Gasteiger partial charge is 0.258 e. The molecule has 200 valence electrons. The van der Waals surface area contributed by atoms with Gasteiger partial charge in [-0.1, -0.05) is 32.0 Å². The average Bonchev–Trinajstić information content (AvgIpc) is 3.37. The van der Waals surface area contributed by atoms with Crippen LogP contribution in [0.2, 0.25) is 0 Å². The largest absolute Gasteiger partial charge is 0.490 e. The summed E-state index contributed by atoms with van der Waals surface area (Å²) in [5.41, 5.74) is 5.92. The number of aromatic nitrogens is 2. The van der Waals surface area contributed by atoms with Gasteiger partial charge in [-0.05, 0) is 79.3 Å². The zero-order valence-electron chi connectivity index (χ0n) is 22.3. The Balaban J connectivity index is 1.75. The Bertz CT molecular complexity index is 1190. The Morgan fingerprint density at radius 1 is 1.08 bits per heavy atom. The first-order chi connectivity index (χ1) is 17.7. The van der Waals surface area contributed by atoms with E-state index in [9.17, 15) is 9.90 Å². The lowest BCUT2D eigenvalue weighted by atomic mass is 10.0. The van der Waals surface area contributed by atoms with Crippen LogP contribution in [0.15, 0.2) is 34.9 Å². The van der Waals surface area contributed by atoms with Crippen LogP contribution in [0, 0.1) is 19.8 Å². The predicted octanol–water partition coefficient (Wildman–Crippen LogP) is 3.18. The Hall–Kier alpha value is -3.27. The van der Waals surface area contributed by atoms with Crippen molar-refractivity contribution in [2.45, 2.75) is 53.7 Å². The number of aliphatic hydroxyl groups is 2. The minimum atomic E-state index is -0.904. The van der Waals surface area contributed by atoms with Gasteiger partial charge in [0, 0.05) is 24.2 Å².